The summed E-state index contributed by atoms with van der Waals surface area (Å²) in [6.07, 6.45) is 1.80. The van der Waals surface area contributed by atoms with Gasteiger partial charge in [0.1, 0.15) is 0 Å². The summed E-state index contributed by atoms with van der Waals surface area (Å²) in [5.74, 6) is 0.841. The smallest absolute Gasteiger partial charge is 0.191 e. The van der Waals surface area contributed by atoms with Gasteiger partial charge in [-0.2, -0.15) is 5.10 Å². The SMILES string of the molecule is CCNC(=NCc1ccnn1C)NCC(C)(C)c1cccs1.I. The highest BCUT2D eigenvalue weighted by molar-refractivity contribution is 14.0. The zero-order valence-corrected chi connectivity index (χ0v) is 17.3. The van der Waals surface area contributed by atoms with Crippen LogP contribution < -0.4 is 10.6 Å². The summed E-state index contributed by atoms with van der Waals surface area (Å²) in [7, 11) is 1.94. The van der Waals surface area contributed by atoms with Crippen LogP contribution in [0.3, 0.4) is 0 Å². The van der Waals surface area contributed by atoms with Gasteiger partial charge in [0, 0.05) is 36.6 Å². The molecule has 0 spiro atoms. The lowest BCUT2D eigenvalue weighted by atomic mass is 9.91. The number of nitrogens with one attached hydrogen (secondary N) is 2. The molecular weight excluding hydrogens is 421 g/mol. The van der Waals surface area contributed by atoms with Crippen molar-refractivity contribution in [3.05, 3.63) is 40.3 Å². The van der Waals surface area contributed by atoms with Crippen LogP contribution in [-0.4, -0.2) is 28.8 Å². The lowest BCUT2D eigenvalue weighted by Gasteiger charge is -2.25. The monoisotopic (exact) mass is 447 g/mol. The first-order valence-corrected chi connectivity index (χ1v) is 8.44. The number of aryl methyl sites for hydroxylation is 1. The van der Waals surface area contributed by atoms with Crippen LogP contribution in [0.4, 0.5) is 0 Å². The molecule has 0 bridgehead atoms. The minimum Gasteiger partial charge on any atom is -0.357 e. The van der Waals surface area contributed by atoms with Crippen molar-refractivity contribution in [3.63, 3.8) is 0 Å². The molecule has 0 saturated carbocycles. The van der Waals surface area contributed by atoms with Crippen LogP contribution >= 0.6 is 35.3 Å². The Labute approximate surface area is 159 Å². The lowest BCUT2D eigenvalue weighted by molar-refractivity contribution is 0.518. The second kappa shape index (κ2) is 9.27. The molecule has 0 aliphatic heterocycles. The molecule has 0 unspecified atom stereocenters. The molecule has 0 amide bonds. The minimum atomic E-state index is 0. The molecule has 0 aromatic carbocycles. The maximum atomic E-state index is 4.64. The van der Waals surface area contributed by atoms with E-state index in [1.54, 1.807) is 17.5 Å². The van der Waals surface area contributed by atoms with Crippen LogP contribution in [-0.2, 0) is 19.0 Å². The number of rotatable bonds is 6. The summed E-state index contributed by atoms with van der Waals surface area (Å²) in [6.45, 7) is 8.87. The van der Waals surface area contributed by atoms with Gasteiger partial charge in [-0.05, 0) is 24.4 Å². The van der Waals surface area contributed by atoms with Gasteiger partial charge in [0.15, 0.2) is 5.96 Å². The number of nitrogens with zero attached hydrogens (tertiary/aromatic N) is 3. The van der Waals surface area contributed by atoms with Crippen molar-refractivity contribution in [2.75, 3.05) is 13.1 Å². The molecule has 23 heavy (non-hydrogen) atoms. The number of thiophene rings is 1. The molecule has 0 radical (unpaired) electrons. The van der Waals surface area contributed by atoms with Gasteiger partial charge in [-0.25, -0.2) is 4.99 Å². The third-order valence-electron chi connectivity index (χ3n) is 3.55. The Morgan fingerprint density at radius 1 is 1.35 bits per heavy atom. The van der Waals surface area contributed by atoms with Crippen LogP contribution in [0.2, 0.25) is 0 Å². The van der Waals surface area contributed by atoms with E-state index in [4.69, 9.17) is 0 Å². The van der Waals surface area contributed by atoms with E-state index in [1.165, 1.54) is 4.88 Å². The third-order valence-corrected chi connectivity index (χ3v) is 4.79. The predicted octanol–water partition coefficient (Wildman–Crippen LogP) is 3.13. The van der Waals surface area contributed by atoms with Gasteiger partial charge in [-0.3, -0.25) is 4.68 Å². The van der Waals surface area contributed by atoms with Crippen molar-refractivity contribution in [2.24, 2.45) is 12.0 Å². The van der Waals surface area contributed by atoms with E-state index in [0.29, 0.717) is 6.54 Å². The Balaban J connectivity index is 0.00000264. The highest BCUT2D eigenvalue weighted by Gasteiger charge is 2.21. The Morgan fingerprint density at radius 2 is 2.13 bits per heavy atom. The molecule has 2 heterocycles. The van der Waals surface area contributed by atoms with Crippen molar-refractivity contribution in [3.8, 4) is 0 Å². The predicted molar refractivity (Wildman–Crippen MR) is 109 cm³/mol. The summed E-state index contributed by atoms with van der Waals surface area (Å²) in [4.78, 5) is 6.02. The van der Waals surface area contributed by atoms with Gasteiger partial charge in [0.25, 0.3) is 0 Å². The fourth-order valence-electron chi connectivity index (χ4n) is 2.11. The highest BCUT2D eigenvalue weighted by Crippen LogP contribution is 2.26. The zero-order valence-electron chi connectivity index (χ0n) is 14.2. The Kier molecular flexibility index (Phi) is 8.04. The number of aliphatic imine (C=N–C) groups is 1. The summed E-state index contributed by atoms with van der Waals surface area (Å²) in [6, 6.07) is 6.28. The number of hydrogen-bond donors (Lipinski definition) is 2. The van der Waals surface area contributed by atoms with E-state index < -0.39 is 0 Å². The highest BCUT2D eigenvalue weighted by atomic mass is 127. The topological polar surface area (TPSA) is 54.2 Å². The van der Waals surface area contributed by atoms with Crippen LogP contribution in [0.25, 0.3) is 0 Å². The standard InChI is InChI=1S/C16H25N5S.HI/c1-5-17-15(18-11-13-8-9-20-21(13)4)19-12-16(2,3)14-7-6-10-22-14;/h6-10H,5,11-12H2,1-4H3,(H2,17,18,19);1H. The zero-order chi connectivity index (χ0) is 16.0. The molecule has 2 rings (SSSR count). The third kappa shape index (κ3) is 5.80. The van der Waals surface area contributed by atoms with E-state index in [2.05, 4.69) is 59.0 Å². The van der Waals surface area contributed by atoms with Crippen LogP contribution in [0.15, 0.2) is 34.8 Å². The first-order valence-electron chi connectivity index (χ1n) is 7.56. The summed E-state index contributed by atoms with van der Waals surface area (Å²) < 4.78 is 1.85. The van der Waals surface area contributed by atoms with Gasteiger partial charge in [0.2, 0.25) is 0 Å². The number of aromatic nitrogens is 2. The summed E-state index contributed by atoms with van der Waals surface area (Å²) in [5.41, 5.74) is 1.17. The second-order valence-corrected chi connectivity index (χ2v) is 6.80. The second-order valence-electron chi connectivity index (χ2n) is 5.86. The van der Waals surface area contributed by atoms with Crippen molar-refractivity contribution >= 4 is 41.3 Å². The van der Waals surface area contributed by atoms with E-state index in [1.807, 2.05) is 17.8 Å². The molecule has 5 nitrogen and oxygen atoms in total. The van der Waals surface area contributed by atoms with Crippen molar-refractivity contribution in [1.29, 1.82) is 0 Å². The number of halogens is 1. The maximum Gasteiger partial charge on any atom is 0.191 e. The van der Waals surface area contributed by atoms with Crippen molar-refractivity contribution < 1.29 is 0 Å². The largest absolute Gasteiger partial charge is 0.357 e. The lowest BCUT2D eigenvalue weighted by Crippen LogP contribution is -2.43. The molecule has 2 aromatic rings. The van der Waals surface area contributed by atoms with Crippen LogP contribution in [0.1, 0.15) is 31.3 Å². The van der Waals surface area contributed by atoms with E-state index in [9.17, 15) is 0 Å². The Bertz CT molecular complexity index is 604. The fourth-order valence-corrected chi connectivity index (χ4v) is 2.97. The van der Waals surface area contributed by atoms with E-state index >= 15 is 0 Å². The van der Waals surface area contributed by atoms with Crippen LogP contribution in [0, 0.1) is 0 Å². The Hall–Kier alpha value is -1.09. The van der Waals surface area contributed by atoms with E-state index in [0.717, 1.165) is 24.7 Å². The molecule has 2 aromatic heterocycles. The summed E-state index contributed by atoms with van der Waals surface area (Å²) in [5, 5.41) is 13.0. The first kappa shape index (κ1) is 20.0. The van der Waals surface area contributed by atoms with Gasteiger partial charge in [-0.1, -0.05) is 19.9 Å². The summed E-state index contributed by atoms with van der Waals surface area (Å²) >= 11 is 1.80. The molecule has 7 heteroatoms. The average Bonchev–Trinajstić information content (AvgIpc) is 3.14. The molecule has 0 fully saturated rings. The quantitative estimate of drug-likeness (QED) is 0.407. The minimum absolute atomic E-state index is 0. The molecular formula is C16H26IN5S. The van der Waals surface area contributed by atoms with Crippen LogP contribution in [0.5, 0.6) is 0 Å². The van der Waals surface area contributed by atoms with Gasteiger partial charge < -0.3 is 10.6 Å². The molecule has 0 saturated heterocycles. The van der Waals surface area contributed by atoms with Crippen molar-refractivity contribution in [1.82, 2.24) is 20.4 Å². The van der Waals surface area contributed by atoms with Gasteiger partial charge in [-0.15, -0.1) is 35.3 Å². The Morgan fingerprint density at radius 3 is 2.70 bits per heavy atom. The first-order chi connectivity index (χ1) is 10.5. The molecule has 0 atom stereocenters. The van der Waals surface area contributed by atoms with Gasteiger partial charge in [0.05, 0.1) is 12.2 Å². The number of guanidine groups is 1. The molecule has 2 N–H and O–H groups in total. The van der Waals surface area contributed by atoms with Gasteiger partial charge >= 0.3 is 0 Å². The van der Waals surface area contributed by atoms with Crippen molar-refractivity contribution in [2.45, 2.75) is 32.7 Å². The molecule has 128 valence electrons. The fraction of sp³-hybridized carbons (Fsp3) is 0.500. The normalized spacial score (nSPS) is 11.9. The maximum absolute atomic E-state index is 4.64. The van der Waals surface area contributed by atoms with E-state index in [-0.39, 0.29) is 29.4 Å². The molecule has 0 aliphatic carbocycles. The number of hydrogen-bond acceptors (Lipinski definition) is 3. The molecule has 0 aliphatic rings. The average molecular weight is 447 g/mol.